The van der Waals surface area contributed by atoms with Crippen molar-refractivity contribution in [3.63, 3.8) is 0 Å². The Morgan fingerprint density at radius 2 is 1.95 bits per heavy atom. The third kappa shape index (κ3) is 3.24. The molecule has 0 aromatic carbocycles. The number of furan rings is 1. The topological polar surface area (TPSA) is 45.6 Å². The molecular weight excluding hydrogens is 374 g/mol. The highest BCUT2D eigenvalue weighted by atomic mass is 79.9. The molecular formula is C13H21Br2N3O. The molecule has 4 nitrogen and oxygen atoms in total. The van der Waals surface area contributed by atoms with E-state index in [1.54, 1.807) is 0 Å². The third-order valence-corrected chi connectivity index (χ3v) is 5.75. The lowest BCUT2D eigenvalue weighted by Gasteiger charge is -2.44. The Morgan fingerprint density at radius 1 is 1.37 bits per heavy atom. The SMILES string of the molecule is CC1CN(C(CN)c2cc(Br)c(Br)o2)CC(C)N1C. The van der Waals surface area contributed by atoms with Crippen molar-refractivity contribution in [2.24, 2.45) is 5.73 Å². The second kappa shape index (κ2) is 6.26. The first-order chi connectivity index (χ1) is 8.93. The zero-order chi connectivity index (χ0) is 14.2. The highest BCUT2D eigenvalue weighted by Gasteiger charge is 2.32. The highest BCUT2D eigenvalue weighted by Crippen LogP contribution is 2.33. The van der Waals surface area contributed by atoms with E-state index in [2.05, 4.69) is 62.6 Å². The number of hydrogen-bond donors (Lipinski definition) is 1. The van der Waals surface area contributed by atoms with Crippen LogP contribution >= 0.6 is 31.9 Å². The Labute approximate surface area is 131 Å². The van der Waals surface area contributed by atoms with Gasteiger partial charge in [-0.15, -0.1) is 0 Å². The van der Waals surface area contributed by atoms with E-state index in [0.29, 0.717) is 18.6 Å². The number of nitrogens with two attached hydrogens (primary N) is 1. The summed E-state index contributed by atoms with van der Waals surface area (Å²) in [5.41, 5.74) is 5.97. The predicted octanol–water partition coefficient (Wildman–Crippen LogP) is 2.83. The van der Waals surface area contributed by atoms with Crippen molar-refractivity contribution < 1.29 is 4.42 Å². The first-order valence-corrected chi connectivity index (χ1v) is 8.13. The number of halogens is 2. The summed E-state index contributed by atoms with van der Waals surface area (Å²) < 4.78 is 7.43. The molecule has 0 amide bonds. The standard InChI is InChI=1S/C13H21Br2N3O/c1-8-6-18(7-9(2)17(8)3)11(5-16)12-4-10(14)13(15)19-12/h4,8-9,11H,5-7,16H2,1-3H3. The van der Waals surface area contributed by atoms with Crippen LogP contribution in [-0.2, 0) is 0 Å². The van der Waals surface area contributed by atoms with E-state index in [1.807, 2.05) is 6.07 Å². The minimum absolute atomic E-state index is 0.140. The van der Waals surface area contributed by atoms with Crippen LogP contribution in [0.2, 0.25) is 0 Å². The fourth-order valence-corrected chi connectivity index (χ4v) is 3.28. The quantitative estimate of drug-likeness (QED) is 0.856. The van der Waals surface area contributed by atoms with E-state index in [-0.39, 0.29) is 6.04 Å². The molecule has 0 spiro atoms. The zero-order valence-corrected chi connectivity index (χ0v) is 14.7. The van der Waals surface area contributed by atoms with Crippen LogP contribution in [0.4, 0.5) is 0 Å². The number of likely N-dealkylation sites (N-methyl/N-ethyl adjacent to an activating group) is 1. The molecule has 1 aliphatic heterocycles. The molecule has 3 atom stereocenters. The Balaban J connectivity index is 2.18. The van der Waals surface area contributed by atoms with E-state index in [1.165, 1.54) is 0 Å². The smallest absolute Gasteiger partial charge is 0.183 e. The van der Waals surface area contributed by atoms with Gasteiger partial charge in [0.1, 0.15) is 5.76 Å². The van der Waals surface area contributed by atoms with Gasteiger partial charge in [0, 0.05) is 31.7 Å². The Hall–Kier alpha value is 0.120. The average Bonchev–Trinajstić information content (AvgIpc) is 2.67. The van der Waals surface area contributed by atoms with Gasteiger partial charge in [-0.1, -0.05) is 0 Å². The summed E-state index contributed by atoms with van der Waals surface area (Å²) in [6, 6.07) is 3.20. The van der Waals surface area contributed by atoms with Gasteiger partial charge >= 0.3 is 0 Å². The molecule has 2 N–H and O–H groups in total. The lowest BCUT2D eigenvalue weighted by Crippen LogP contribution is -2.56. The lowest BCUT2D eigenvalue weighted by atomic mass is 10.1. The maximum atomic E-state index is 5.97. The van der Waals surface area contributed by atoms with Gasteiger partial charge in [-0.2, -0.15) is 0 Å². The van der Waals surface area contributed by atoms with Crippen LogP contribution in [-0.4, -0.2) is 48.6 Å². The van der Waals surface area contributed by atoms with Crippen molar-refractivity contribution in [1.29, 1.82) is 0 Å². The molecule has 19 heavy (non-hydrogen) atoms. The molecule has 3 unspecified atom stereocenters. The molecule has 6 heteroatoms. The van der Waals surface area contributed by atoms with E-state index in [4.69, 9.17) is 10.2 Å². The molecule has 0 saturated carbocycles. The largest absolute Gasteiger partial charge is 0.451 e. The number of hydrogen-bond acceptors (Lipinski definition) is 4. The van der Waals surface area contributed by atoms with Gasteiger partial charge in [0.05, 0.1) is 10.5 Å². The van der Waals surface area contributed by atoms with Crippen molar-refractivity contribution in [2.45, 2.75) is 32.0 Å². The normalized spacial score (nSPS) is 27.7. The first kappa shape index (κ1) is 15.5. The van der Waals surface area contributed by atoms with E-state index in [9.17, 15) is 0 Å². The van der Waals surface area contributed by atoms with E-state index in [0.717, 1.165) is 28.0 Å². The van der Waals surface area contributed by atoms with Gasteiger partial charge < -0.3 is 10.2 Å². The van der Waals surface area contributed by atoms with Crippen LogP contribution in [0.3, 0.4) is 0 Å². The second-order valence-electron chi connectivity index (χ2n) is 5.34. The highest BCUT2D eigenvalue weighted by molar-refractivity contribution is 9.13. The monoisotopic (exact) mass is 393 g/mol. The molecule has 0 radical (unpaired) electrons. The summed E-state index contributed by atoms with van der Waals surface area (Å²) in [6.45, 7) is 7.10. The molecule has 108 valence electrons. The Morgan fingerprint density at radius 3 is 2.37 bits per heavy atom. The summed E-state index contributed by atoms with van der Waals surface area (Å²) in [5, 5.41) is 0. The summed E-state index contributed by atoms with van der Waals surface area (Å²) in [6.07, 6.45) is 0. The molecule has 1 aromatic rings. The minimum Gasteiger partial charge on any atom is -0.451 e. The van der Waals surface area contributed by atoms with Gasteiger partial charge in [-0.05, 0) is 58.8 Å². The van der Waals surface area contributed by atoms with E-state index < -0.39 is 0 Å². The molecule has 2 heterocycles. The maximum Gasteiger partial charge on any atom is 0.183 e. The molecule has 0 aliphatic carbocycles. The van der Waals surface area contributed by atoms with Gasteiger partial charge in [0.25, 0.3) is 0 Å². The average molecular weight is 395 g/mol. The molecule has 1 saturated heterocycles. The van der Waals surface area contributed by atoms with Gasteiger partial charge in [-0.3, -0.25) is 9.80 Å². The summed E-state index contributed by atoms with van der Waals surface area (Å²) in [7, 11) is 2.18. The molecule has 1 fully saturated rings. The number of rotatable bonds is 3. The van der Waals surface area contributed by atoms with Gasteiger partial charge in [-0.25, -0.2) is 0 Å². The summed E-state index contributed by atoms with van der Waals surface area (Å²) >= 11 is 6.85. The maximum absolute atomic E-state index is 5.97. The van der Waals surface area contributed by atoms with Crippen molar-refractivity contribution in [1.82, 2.24) is 9.80 Å². The van der Waals surface area contributed by atoms with Gasteiger partial charge in [0.2, 0.25) is 0 Å². The number of nitrogens with zero attached hydrogens (tertiary/aromatic N) is 2. The van der Waals surface area contributed by atoms with Crippen LogP contribution in [0.15, 0.2) is 19.6 Å². The van der Waals surface area contributed by atoms with Crippen molar-refractivity contribution in [3.8, 4) is 0 Å². The zero-order valence-electron chi connectivity index (χ0n) is 11.6. The molecule has 1 aromatic heterocycles. The van der Waals surface area contributed by atoms with Crippen molar-refractivity contribution in [3.05, 3.63) is 21.0 Å². The predicted molar refractivity (Wildman–Crippen MR) is 84.2 cm³/mol. The fourth-order valence-electron chi connectivity index (χ4n) is 2.67. The van der Waals surface area contributed by atoms with Gasteiger partial charge in [0.15, 0.2) is 4.67 Å². The number of piperazine rings is 1. The van der Waals surface area contributed by atoms with Crippen LogP contribution < -0.4 is 5.73 Å². The van der Waals surface area contributed by atoms with Crippen LogP contribution in [0.1, 0.15) is 25.6 Å². The van der Waals surface area contributed by atoms with E-state index >= 15 is 0 Å². The molecule has 0 bridgehead atoms. The van der Waals surface area contributed by atoms with Crippen LogP contribution in [0.25, 0.3) is 0 Å². The first-order valence-electron chi connectivity index (χ1n) is 6.54. The third-order valence-electron chi connectivity index (χ3n) is 4.04. The van der Waals surface area contributed by atoms with Crippen molar-refractivity contribution >= 4 is 31.9 Å². The Bertz CT molecular complexity index is 406. The lowest BCUT2D eigenvalue weighted by molar-refractivity contribution is 0.0294. The Kier molecular flexibility index (Phi) is 5.11. The van der Waals surface area contributed by atoms with Crippen LogP contribution in [0.5, 0.6) is 0 Å². The van der Waals surface area contributed by atoms with Crippen LogP contribution in [0, 0.1) is 0 Å². The summed E-state index contributed by atoms with van der Waals surface area (Å²) in [5.74, 6) is 0.921. The minimum atomic E-state index is 0.140. The molecule has 2 rings (SSSR count). The second-order valence-corrected chi connectivity index (χ2v) is 6.91. The molecule has 1 aliphatic rings. The fraction of sp³-hybridized carbons (Fsp3) is 0.692. The van der Waals surface area contributed by atoms with Crippen molar-refractivity contribution in [2.75, 3.05) is 26.7 Å². The summed E-state index contributed by atoms with van der Waals surface area (Å²) in [4.78, 5) is 4.84.